The Morgan fingerprint density at radius 1 is 0.889 bits per heavy atom. The van der Waals surface area contributed by atoms with Gasteiger partial charge in [0, 0.05) is 6.92 Å². The highest BCUT2D eigenvalue weighted by Crippen LogP contribution is 2.04. The molecular formula is C16H28O2. The van der Waals surface area contributed by atoms with Crippen LogP contribution in [-0.2, 0) is 9.53 Å². The molecule has 0 radical (unpaired) electrons. The van der Waals surface area contributed by atoms with Crippen LogP contribution in [0, 0.1) is 0 Å². The van der Waals surface area contributed by atoms with Gasteiger partial charge in [0.05, 0.1) is 0 Å². The number of ether oxygens (including phenoxy) is 1. The van der Waals surface area contributed by atoms with Gasteiger partial charge in [0.1, 0.15) is 6.61 Å². The van der Waals surface area contributed by atoms with Gasteiger partial charge in [-0.3, -0.25) is 4.79 Å². The fourth-order valence-electron chi connectivity index (χ4n) is 1.63. The molecule has 0 amide bonds. The summed E-state index contributed by atoms with van der Waals surface area (Å²) in [6.45, 7) is 4.08. The van der Waals surface area contributed by atoms with Crippen molar-refractivity contribution in [3.05, 3.63) is 24.3 Å². The summed E-state index contributed by atoms with van der Waals surface area (Å²) in [5, 5.41) is 0. The van der Waals surface area contributed by atoms with Gasteiger partial charge in [0.2, 0.25) is 0 Å². The van der Waals surface area contributed by atoms with Crippen LogP contribution in [0.15, 0.2) is 24.3 Å². The van der Waals surface area contributed by atoms with Crippen LogP contribution in [-0.4, -0.2) is 12.6 Å². The van der Waals surface area contributed by atoms with Crippen LogP contribution in [0.5, 0.6) is 0 Å². The number of allylic oxidation sites excluding steroid dienone is 3. The molecule has 0 heterocycles. The molecule has 0 aromatic rings. The predicted octanol–water partition coefficient (Wildman–Crippen LogP) is 4.80. The molecule has 104 valence electrons. The number of hydrogen-bond donors (Lipinski definition) is 0. The maximum Gasteiger partial charge on any atom is 0.302 e. The summed E-state index contributed by atoms with van der Waals surface area (Å²) >= 11 is 0. The van der Waals surface area contributed by atoms with Crippen molar-refractivity contribution >= 4 is 5.97 Å². The van der Waals surface area contributed by atoms with E-state index in [-0.39, 0.29) is 5.97 Å². The van der Waals surface area contributed by atoms with E-state index in [0.29, 0.717) is 6.61 Å². The third kappa shape index (κ3) is 14.9. The van der Waals surface area contributed by atoms with Gasteiger partial charge < -0.3 is 4.74 Å². The first-order valence-electron chi connectivity index (χ1n) is 7.20. The van der Waals surface area contributed by atoms with E-state index < -0.39 is 0 Å². The first kappa shape index (κ1) is 16.9. The average molecular weight is 252 g/mol. The molecular weight excluding hydrogens is 224 g/mol. The molecule has 0 aliphatic rings. The van der Waals surface area contributed by atoms with Crippen molar-refractivity contribution in [3.63, 3.8) is 0 Å². The fourth-order valence-corrected chi connectivity index (χ4v) is 1.63. The standard InChI is InChI=1S/C16H28O2/c1-3-4-5-6-7-8-9-10-11-12-13-14-15-18-16(2)17/h8-9,13-14H,3-7,10-12,15H2,1-2H3/b9-8+,14-13+. The maximum atomic E-state index is 10.5. The molecule has 0 aliphatic carbocycles. The number of carbonyl (C=O) groups is 1. The van der Waals surface area contributed by atoms with Crippen molar-refractivity contribution in [2.75, 3.05) is 6.61 Å². The summed E-state index contributed by atoms with van der Waals surface area (Å²) in [5.74, 6) is -0.217. The first-order valence-corrected chi connectivity index (χ1v) is 7.20. The smallest absolute Gasteiger partial charge is 0.302 e. The zero-order chi connectivity index (χ0) is 13.5. The second kappa shape index (κ2) is 14.0. The zero-order valence-electron chi connectivity index (χ0n) is 12.0. The molecule has 18 heavy (non-hydrogen) atoms. The minimum atomic E-state index is -0.217. The van der Waals surface area contributed by atoms with Gasteiger partial charge in [0.25, 0.3) is 0 Å². The number of unbranched alkanes of at least 4 members (excludes halogenated alkanes) is 6. The Balaban J connectivity index is 3.19. The molecule has 0 fully saturated rings. The quantitative estimate of drug-likeness (QED) is 0.300. The van der Waals surface area contributed by atoms with E-state index in [4.69, 9.17) is 4.74 Å². The van der Waals surface area contributed by atoms with E-state index in [1.165, 1.54) is 45.4 Å². The zero-order valence-corrected chi connectivity index (χ0v) is 12.0. The monoisotopic (exact) mass is 252 g/mol. The van der Waals surface area contributed by atoms with E-state index in [1.54, 1.807) is 0 Å². The van der Waals surface area contributed by atoms with Crippen molar-refractivity contribution in [2.24, 2.45) is 0 Å². The Labute approximate surface area is 112 Å². The van der Waals surface area contributed by atoms with Crippen LogP contribution in [0.25, 0.3) is 0 Å². The second-order valence-corrected chi connectivity index (χ2v) is 4.53. The minimum Gasteiger partial charge on any atom is -0.462 e. The fraction of sp³-hybridized carbons (Fsp3) is 0.688. The Morgan fingerprint density at radius 3 is 2.11 bits per heavy atom. The molecule has 2 nitrogen and oxygen atoms in total. The SMILES string of the molecule is CCCCCC/C=C/CCC/C=C/COC(C)=O. The van der Waals surface area contributed by atoms with Crippen molar-refractivity contribution in [1.29, 1.82) is 0 Å². The van der Waals surface area contributed by atoms with E-state index in [9.17, 15) is 4.79 Å². The van der Waals surface area contributed by atoms with Crippen LogP contribution in [0.3, 0.4) is 0 Å². The van der Waals surface area contributed by atoms with Crippen molar-refractivity contribution in [1.82, 2.24) is 0 Å². The van der Waals surface area contributed by atoms with Gasteiger partial charge in [-0.1, -0.05) is 50.5 Å². The summed E-state index contributed by atoms with van der Waals surface area (Å²) in [6, 6.07) is 0. The Morgan fingerprint density at radius 2 is 1.50 bits per heavy atom. The molecule has 0 aliphatic heterocycles. The number of rotatable bonds is 11. The van der Waals surface area contributed by atoms with Crippen LogP contribution >= 0.6 is 0 Å². The summed E-state index contributed by atoms with van der Waals surface area (Å²) in [4.78, 5) is 10.5. The Kier molecular flexibility index (Phi) is 13.2. The highest BCUT2D eigenvalue weighted by molar-refractivity contribution is 5.65. The first-order chi connectivity index (χ1) is 8.77. The van der Waals surface area contributed by atoms with Crippen molar-refractivity contribution in [2.45, 2.75) is 65.2 Å². The minimum absolute atomic E-state index is 0.217. The van der Waals surface area contributed by atoms with Crippen LogP contribution < -0.4 is 0 Å². The lowest BCUT2D eigenvalue weighted by Crippen LogP contribution is -1.97. The van der Waals surface area contributed by atoms with Gasteiger partial charge in [-0.2, -0.15) is 0 Å². The molecule has 0 spiro atoms. The molecule has 0 rings (SSSR count). The third-order valence-corrected chi connectivity index (χ3v) is 2.68. The Bertz CT molecular complexity index is 241. The number of esters is 1. The average Bonchev–Trinajstić information content (AvgIpc) is 2.34. The molecule has 0 atom stereocenters. The van der Waals surface area contributed by atoms with Crippen molar-refractivity contribution < 1.29 is 9.53 Å². The van der Waals surface area contributed by atoms with E-state index in [2.05, 4.69) is 25.2 Å². The molecule has 0 N–H and O–H groups in total. The predicted molar refractivity (Wildman–Crippen MR) is 77.5 cm³/mol. The van der Waals surface area contributed by atoms with Crippen LogP contribution in [0.2, 0.25) is 0 Å². The second-order valence-electron chi connectivity index (χ2n) is 4.53. The van der Waals surface area contributed by atoms with Gasteiger partial charge in [0.15, 0.2) is 0 Å². The van der Waals surface area contributed by atoms with E-state index >= 15 is 0 Å². The topological polar surface area (TPSA) is 26.3 Å². The number of hydrogen-bond acceptors (Lipinski definition) is 2. The molecule has 2 heteroatoms. The lowest BCUT2D eigenvalue weighted by atomic mass is 10.1. The summed E-state index contributed by atoms with van der Waals surface area (Å²) in [6.07, 6.45) is 18.5. The van der Waals surface area contributed by atoms with Gasteiger partial charge in [-0.05, 0) is 32.1 Å². The highest BCUT2D eigenvalue weighted by atomic mass is 16.5. The van der Waals surface area contributed by atoms with Gasteiger partial charge in [-0.25, -0.2) is 0 Å². The lowest BCUT2D eigenvalue weighted by molar-refractivity contribution is -0.139. The largest absolute Gasteiger partial charge is 0.462 e. The van der Waals surface area contributed by atoms with Gasteiger partial charge >= 0.3 is 5.97 Å². The Hall–Kier alpha value is -1.05. The summed E-state index contributed by atoms with van der Waals surface area (Å²) in [7, 11) is 0. The molecule has 0 aromatic heterocycles. The number of carbonyl (C=O) groups excluding carboxylic acids is 1. The van der Waals surface area contributed by atoms with Crippen LogP contribution in [0.4, 0.5) is 0 Å². The van der Waals surface area contributed by atoms with Crippen molar-refractivity contribution in [3.8, 4) is 0 Å². The molecule has 0 bridgehead atoms. The van der Waals surface area contributed by atoms with Crippen LogP contribution in [0.1, 0.15) is 65.2 Å². The van der Waals surface area contributed by atoms with E-state index in [1.807, 2.05) is 6.08 Å². The molecule has 0 saturated carbocycles. The van der Waals surface area contributed by atoms with Gasteiger partial charge in [-0.15, -0.1) is 0 Å². The molecule has 0 unspecified atom stereocenters. The third-order valence-electron chi connectivity index (χ3n) is 2.68. The summed E-state index contributed by atoms with van der Waals surface area (Å²) in [5.41, 5.74) is 0. The lowest BCUT2D eigenvalue weighted by Gasteiger charge is -1.95. The maximum absolute atomic E-state index is 10.5. The molecule has 0 aromatic carbocycles. The normalized spacial score (nSPS) is 11.4. The van der Waals surface area contributed by atoms with E-state index in [0.717, 1.165) is 12.8 Å². The highest BCUT2D eigenvalue weighted by Gasteiger charge is 1.87. The molecule has 0 saturated heterocycles. The summed E-state index contributed by atoms with van der Waals surface area (Å²) < 4.78 is 4.79.